The van der Waals surface area contributed by atoms with E-state index in [0.29, 0.717) is 0 Å². The van der Waals surface area contributed by atoms with Crippen LogP contribution in [-0.2, 0) is 11.3 Å². The van der Waals surface area contributed by atoms with Gasteiger partial charge in [-0.2, -0.15) is 0 Å². The second-order valence-corrected chi connectivity index (χ2v) is 5.93. The van der Waals surface area contributed by atoms with Crippen molar-refractivity contribution in [2.75, 3.05) is 13.1 Å². The Morgan fingerprint density at radius 3 is 2.58 bits per heavy atom. The average Bonchev–Trinajstić information content (AvgIpc) is 2.86. The molecule has 8 heteroatoms. The lowest BCUT2D eigenvalue weighted by atomic mass is 10.2. The van der Waals surface area contributed by atoms with Gasteiger partial charge < -0.3 is 4.90 Å². The Morgan fingerprint density at radius 1 is 1.21 bits per heavy atom. The Kier molecular flexibility index (Phi) is 4.54. The van der Waals surface area contributed by atoms with Gasteiger partial charge in [0, 0.05) is 25.2 Å². The number of nitrogens with zero attached hydrogens (tertiary/aromatic N) is 4. The normalized spacial score (nSPS) is 15.2. The number of hydrogen-bond donors (Lipinski definition) is 0. The number of carbonyl (C=O) groups excluding carboxylic acids is 1. The molecule has 1 aromatic carbocycles. The highest BCUT2D eigenvalue weighted by Crippen LogP contribution is 2.16. The topological polar surface area (TPSA) is 98.3 Å². The predicted octanol–water partition coefficient (Wildman–Crippen LogP) is 1.71. The summed E-state index contributed by atoms with van der Waals surface area (Å²) in [5.41, 5.74) is -0.224. The summed E-state index contributed by atoms with van der Waals surface area (Å²) in [7, 11) is 0. The van der Waals surface area contributed by atoms with Crippen molar-refractivity contribution in [3.63, 3.8) is 0 Å². The van der Waals surface area contributed by atoms with Crippen LogP contribution in [0, 0.1) is 10.1 Å². The first-order chi connectivity index (χ1) is 11.6. The van der Waals surface area contributed by atoms with Gasteiger partial charge in [0.2, 0.25) is 5.91 Å². The van der Waals surface area contributed by atoms with Gasteiger partial charge in [0.05, 0.1) is 22.2 Å². The minimum absolute atomic E-state index is 0.0568. The standard InChI is InChI=1S/C16H18N4O4/c21-15(18-7-3-1-2-4-8-18)10-19-11-17-14-9-12(20(23)24)5-6-13(14)16(19)22/h5-6,9,11H,1-4,7-8,10H2. The van der Waals surface area contributed by atoms with Crippen LogP contribution in [0.3, 0.4) is 0 Å². The summed E-state index contributed by atoms with van der Waals surface area (Å²) in [5, 5.41) is 11.1. The highest BCUT2D eigenvalue weighted by Gasteiger charge is 2.17. The molecule has 1 aromatic heterocycles. The van der Waals surface area contributed by atoms with Crippen molar-refractivity contribution in [2.24, 2.45) is 0 Å². The van der Waals surface area contributed by atoms with E-state index in [1.807, 2.05) is 0 Å². The van der Waals surface area contributed by atoms with Crippen molar-refractivity contribution in [1.82, 2.24) is 14.5 Å². The van der Waals surface area contributed by atoms with Crippen molar-refractivity contribution in [3.05, 3.63) is 45.0 Å². The molecular formula is C16H18N4O4. The first-order valence-corrected chi connectivity index (χ1v) is 7.97. The van der Waals surface area contributed by atoms with Crippen molar-refractivity contribution < 1.29 is 9.72 Å². The first-order valence-electron chi connectivity index (χ1n) is 7.97. The number of aromatic nitrogens is 2. The first kappa shape index (κ1) is 16.1. The number of nitro benzene ring substituents is 1. The van der Waals surface area contributed by atoms with Crippen LogP contribution in [-0.4, -0.2) is 38.4 Å². The lowest BCUT2D eigenvalue weighted by molar-refractivity contribution is -0.384. The van der Waals surface area contributed by atoms with Gasteiger partial charge in [-0.25, -0.2) is 4.98 Å². The highest BCUT2D eigenvalue weighted by atomic mass is 16.6. The number of nitro groups is 1. The van der Waals surface area contributed by atoms with E-state index in [2.05, 4.69) is 4.98 Å². The van der Waals surface area contributed by atoms with Crippen LogP contribution < -0.4 is 5.56 Å². The molecule has 0 unspecified atom stereocenters. The van der Waals surface area contributed by atoms with Crippen LogP contribution in [0.2, 0.25) is 0 Å². The Hall–Kier alpha value is -2.77. The Morgan fingerprint density at radius 2 is 1.92 bits per heavy atom. The minimum Gasteiger partial charge on any atom is -0.341 e. The molecule has 1 saturated heterocycles. The molecule has 0 bridgehead atoms. The molecule has 1 amide bonds. The molecule has 0 spiro atoms. The number of benzene rings is 1. The van der Waals surface area contributed by atoms with Crippen LogP contribution in [0.15, 0.2) is 29.3 Å². The summed E-state index contributed by atoms with van der Waals surface area (Å²) in [6, 6.07) is 3.92. The van der Waals surface area contributed by atoms with Gasteiger partial charge in [-0.3, -0.25) is 24.3 Å². The molecular weight excluding hydrogens is 312 g/mol. The highest BCUT2D eigenvalue weighted by molar-refractivity contribution is 5.80. The number of carbonyl (C=O) groups is 1. The Labute approximate surface area is 137 Å². The number of hydrogen-bond acceptors (Lipinski definition) is 5. The fraction of sp³-hybridized carbons (Fsp3) is 0.438. The second-order valence-electron chi connectivity index (χ2n) is 5.93. The molecule has 0 saturated carbocycles. The summed E-state index contributed by atoms with van der Waals surface area (Å²) in [5.74, 6) is -0.0953. The molecule has 0 atom stereocenters. The van der Waals surface area contributed by atoms with Crippen molar-refractivity contribution in [2.45, 2.75) is 32.2 Å². The number of likely N-dealkylation sites (tertiary alicyclic amines) is 1. The fourth-order valence-electron chi connectivity index (χ4n) is 2.94. The van der Waals surface area contributed by atoms with Gasteiger partial charge in [-0.15, -0.1) is 0 Å². The maximum Gasteiger partial charge on any atom is 0.271 e. The van der Waals surface area contributed by atoms with Crippen molar-refractivity contribution in [3.8, 4) is 0 Å². The SMILES string of the molecule is O=C(Cn1cnc2cc([N+](=O)[O-])ccc2c1=O)N1CCCCCC1. The van der Waals surface area contributed by atoms with Crippen LogP contribution in [0.25, 0.3) is 10.9 Å². The zero-order valence-electron chi connectivity index (χ0n) is 13.2. The van der Waals surface area contributed by atoms with E-state index in [0.717, 1.165) is 38.8 Å². The fourth-order valence-corrected chi connectivity index (χ4v) is 2.94. The molecule has 0 aliphatic carbocycles. The molecule has 0 radical (unpaired) electrons. The summed E-state index contributed by atoms with van der Waals surface area (Å²) < 4.78 is 1.27. The molecule has 3 rings (SSSR count). The summed E-state index contributed by atoms with van der Waals surface area (Å²) in [6.07, 6.45) is 5.50. The minimum atomic E-state index is -0.532. The van der Waals surface area contributed by atoms with Gasteiger partial charge >= 0.3 is 0 Å². The number of rotatable bonds is 3. The molecule has 2 heterocycles. The van der Waals surface area contributed by atoms with Gasteiger partial charge in [-0.1, -0.05) is 12.8 Å². The summed E-state index contributed by atoms with van der Waals surface area (Å²) in [4.78, 5) is 41.0. The van der Waals surface area contributed by atoms with Gasteiger partial charge in [0.1, 0.15) is 6.54 Å². The lowest BCUT2D eigenvalue weighted by Crippen LogP contribution is -2.37. The average molecular weight is 330 g/mol. The van der Waals surface area contributed by atoms with E-state index in [1.54, 1.807) is 4.90 Å². The van der Waals surface area contributed by atoms with E-state index < -0.39 is 4.92 Å². The smallest absolute Gasteiger partial charge is 0.271 e. The van der Waals surface area contributed by atoms with Crippen LogP contribution in [0.4, 0.5) is 5.69 Å². The molecule has 8 nitrogen and oxygen atoms in total. The molecule has 24 heavy (non-hydrogen) atoms. The van der Waals surface area contributed by atoms with Gasteiger partial charge in [0.15, 0.2) is 0 Å². The monoisotopic (exact) mass is 330 g/mol. The molecule has 2 aromatic rings. The summed E-state index contributed by atoms with van der Waals surface area (Å²) >= 11 is 0. The van der Waals surface area contributed by atoms with Crippen LogP contribution in [0.5, 0.6) is 0 Å². The predicted molar refractivity (Wildman–Crippen MR) is 87.7 cm³/mol. The molecule has 1 aliphatic rings. The third kappa shape index (κ3) is 3.27. The maximum atomic E-state index is 12.5. The van der Waals surface area contributed by atoms with Crippen LogP contribution >= 0.6 is 0 Å². The second kappa shape index (κ2) is 6.77. The molecule has 1 fully saturated rings. The maximum absolute atomic E-state index is 12.5. The van der Waals surface area contributed by atoms with E-state index in [4.69, 9.17) is 0 Å². The van der Waals surface area contributed by atoms with E-state index in [-0.39, 0.29) is 34.6 Å². The molecule has 1 aliphatic heterocycles. The number of non-ortho nitro benzene ring substituents is 1. The largest absolute Gasteiger partial charge is 0.341 e. The van der Waals surface area contributed by atoms with Crippen molar-refractivity contribution >= 4 is 22.5 Å². The summed E-state index contributed by atoms with van der Waals surface area (Å²) in [6.45, 7) is 1.39. The van der Waals surface area contributed by atoms with E-state index >= 15 is 0 Å². The lowest BCUT2D eigenvalue weighted by Gasteiger charge is -2.20. The zero-order valence-corrected chi connectivity index (χ0v) is 13.2. The Balaban J connectivity index is 1.86. The Bertz CT molecular complexity index is 838. The van der Waals surface area contributed by atoms with E-state index in [1.165, 1.54) is 29.1 Å². The van der Waals surface area contributed by atoms with Crippen LogP contribution in [0.1, 0.15) is 25.7 Å². The zero-order chi connectivity index (χ0) is 17.1. The van der Waals surface area contributed by atoms with E-state index in [9.17, 15) is 19.7 Å². The van der Waals surface area contributed by atoms with Gasteiger partial charge in [-0.05, 0) is 18.9 Å². The molecule has 126 valence electrons. The third-order valence-corrected chi connectivity index (χ3v) is 4.28. The number of fused-ring (bicyclic) bond motifs is 1. The molecule has 0 N–H and O–H groups in total. The van der Waals surface area contributed by atoms with Gasteiger partial charge in [0.25, 0.3) is 11.2 Å². The quantitative estimate of drug-likeness (QED) is 0.630. The number of amides is 1. The third-order valence-electron chi connectivity index (χ3n) is 4.28. The van der Waals surface area contributed by atoms with Crippen molar-refractivity contribution in [1.29, 1.82) is 0 Å².